The molecule has 2 aromatic rings. The lowest BCUT2D eigenvalue weighted by Crippen LogP contribution is -2.48. The van der Waals surface area contributed by atoms with Gasteiger partial charge in [-0.15, -0.1) is 5.10 Å². The molecule has 3 heterocycles. The van der Waals surface area contributed by atoms with Crippen molar-refractivity contribution in [2.45, 2.75) is 38.5 Å². The zero-order valence-electron chi connectivity index (χ0n) is 14.9. The van der Waals surface area contributed by atoms with Gasteiger partial charge in [-0.25, -0.2) is 9.67 Å². The first-order chi connectivity index (χ1) is 12.4. The molecule has 0 unspecified atom stereocenters. The highest BCUT2D eigenvalue weighted by molar-refractivity contribution is 5.89. The maximum absolute atomic E-state index is 13.2. The van der Waals surface area contributed by atoms with E-state index in [0.29, 0.717) is 11.6 Å². The molecule has 2 amide bonds. The molecule has 0 aliphatic carbocycles. The molecule has 1 fully saturated rings. The van der Waals surface area contributed by atoms with Crippen molar-refractivity contribution in [2.24, 2.45) is 5.92 Å². The normalized spacial score (nSPS) is 21.2. The van der Waals surface area contributed by atoms with Crippen LogP contribution in [-0.2, 0) is 9.59 Å². The summed E-state index contributed by atoms with van der Waals surface area (Å²) in [6.45, 7) is 3.88. The first-order valence-corrected chi connectivity index (χ1v) is 8.44. The summed E-state index contributed by atoms with van der Waals surface area (Å²) in [6, 6.07) is -1.36. The Balaban J connectivity index is 1.88. The Hall–Kier alpha value is -2.75. The van der Waals surface area contributed by atoms with E-state index in [1.807, 2.05) is 13.8 Å². The summed E-state index contributed by atoms with van der Waals surface area (Å²) in [5, 5.41) is 20.6. The van der Waals surface area contributed by atoms with Crippen molar-refractivity contribution in [3.63, 3.8) is 0 Å². The molecule has 3 atom stereocenters. The van der Waals surface area contributed by atoms with Crippen LogP contribution in [0.5, 0.6) is 0 Å². The van der Waals surface area contributed by atoms with Gasteiger partial charge in [0.15, 0.2) is 5.69 Å². The molecule has 0 aromatic carbocycles. The van der Waals surface area contributed by atoms with E-state index in [0.717, 1.165) is 0 Å². The number of likely N-dealkylation sites (N-methyl/N-ethyl adjacent to an activating group) is 1. The van der Waals surface area contributed by atoms with Gasteiger partial charge in [0.2, 0.25) is 17.7 Å². The van der Waals surface area contributed by atoms with Crippen LogP contribution in [0.4, 0.5) is 0 Å². The Bertz CT molecular complexity index is 772. The third-order valence-corrected chi connectivity index (χ3v) is 4.44. The molecule has 0 spiro atoms. The van der Waals surface area contributed by atoms with E-state index in [9.17, 15) is 14.7 Å². The number of carbonyl (C=O) groups excluding carboxylic acids is 2. The molecule has 1 saturated heterocycles. The number of hydrogen-bond donors (Lipinski definition) is 2. The van der Waals surface area contributed by atoms with Gasteiger partial charge in [-0.1, -0.05) is 19.1 Å². The minimum absolute atomic E-state index is 0.107. The van der Waals surface area contributed by atoms with Crippen LogP contribution < -0.4 is 5.32 Å². The molecule has 2 N–H and O–H groups in total. The Morgan fingerprint density at radius 2 is 2.19 bits per heavy atom. The average Bonchev–Trinajstić information content (AvgIpc) is 3.33. The molecule has 140 valence electrons. The second kappa shape index (κ2) is 7.24. The Morgan fingerprint density at radius 1 is 1.42 bits per heavy atom. The van der Waals surface area contributed by atoms with Crippen LogP contribution in [0, 0.1) is 5.92 Å². The van der Waals surface area contributed by atoms with Crippen molar-refractivity contribution in [1.29, 1.82) is 0 Å². The van der Waals surface area contributed by atoms with Crippen molar-refractivity contribution in [3.05, 3.63) is 18.7 Å². The summed E-state index contributed by atoms with van der Waals surface area (Å²) in [6.07, 6.45) is 4.01. The number of carbonyl (C=O) groups is 2. The fraction of sp³-hybridized carbons (Fsp3) is 0.562. The molecule has 26 heavy (non-hydrogen) atoms. The molecular formula is C16H22N6O4. The molecule has 1 aliphatic rings. The highest BCUT2D eigenvalue weighted by Gasteiger charge is 2.42. The largest absolute Gasteiger partial charge is 0.443 e. The smallest absolute Gasteiger partial charge is 0.248 e. The van der Waals surface area contributed by atoms with Crippen molar-refractivity contribution in [3.8, 4) is 11.6 Å². The van der Waals surface area contributed by atoms with Gasteiger partial charge in [0, 0.05) is 20.0 Å². The first-order valence-electron chi connectivity index (χ1n) is 8.44. The number of β-amino-alcohol motifs (C(OH)–C–C–N with tert-alkyl or cyclic N) is 1. The molecule has 2 aromatic heterocycles. The third kappa shape index (κ3) is 3.32. The third-order valence-electron chi connectivity index (χ3n) is 4.44. The lowest BCUT2D eigenvalue weighted by Gasteiger charge is -2.29. The second-order valence-corrected chi connectivity index (χ2v) is 6.62. The predicted molar refractivity (Wildman–Crippen MR) is 89.6 cm³/mol. The second-order valence-electron chi connectivity index (χ2n) is 6.62. The molecule has 10 nitrogen and oxygen atoms in total. The standard InChI is InChI=1S/C16H22N6O4/c1-9(2)13(22-8-11(19-20-22)15-18-4-5-26-15)16(25)21-7-10(23)6-12(21)14(24)17-3/h4-5,8-10,12-13,23H,6-7H2,1-3H3,(H,17,24)/t10-,12+,13+/m1/s1. The van der Waals surface area contributed by atoms with E-state index in [4.69, 9.17) is 4.42 Å². The summed E-state index contributed by atoms with van der Waals surface area (Å²) in [5.74, 6) is -0.374. The summed E-state index contributed by atoms with van der Waals surface area (Å²) in [7, 11) is 1.51. The number of rotatable bonds is 5. The monoisotopic (exact) mass is 362 g/mol. The summed E-state index contributed by atoms with van der Waals surface area (Å²) in [4.78, 5) is 30.7. The van der Waals surface area contributed by atoms with Crippen LogP contribution in [-0.4, -0.2) is 67.5 Å². The Morgan fingerprint density at radius 3 is 2.81 bits per heavy atom. The number of aliphatic hydroxyl groups excluding tert-OH is 1. The van der Waals surface area contributed by atoms with Crippen LogP contribution in [0.3, 0.4) is 0 Å². The SMILES string of the molecule is CNC(=O)[C@@H]1C[C@@H](O)CN1C(=O)[C@H](C(C)C)n1cc(-c2ncco2)nn1. The van der Waals surface area contributed by atoms with Gasteiger partial charge in [-0.05, 0) is 5.92 Å². The molecule has 0 radical (unpaired) electrons. The minimum atomic E-state index is -0.729. The maximum atomic E-state index is 13.2. The lowest BCUT2D eigenvalue weighted by molar-refractivity contribution is -0.142. The maximum Gasteiger partial charge on any atom is 0.248 e. The van der Waals surface area contributed by atoms with Crippen LogP contribution in [0.15, 0.2) is 23.1 Å². The van der Waals surface area contributed by atoms with E-state index in [1.165, 1.54) is 29.1 Å². The number of likely N-dealkylation sites (tertiary alicyclic amines) is 1. The average molecular weight is 362 g/mol. The number of aromatic nitrogens is 4. The zero-order valence-corrected chi connectivity index (χ0v) is 14.9. The number of amides is 2. The fourth-order valence-electron chi connectivity index (χ4n) is 3.21. The summed E-state index contributed by atoms with van der Waals surface area (Å²) >= 11 is 0. The lowest BCUT2D eigenvalue weighted by atomic mass is 10.0. The minimum Gasteiger partial charge on any atom is -0.443 e. The van der Waals surface area contributed by atoms with Crippen LogP contribution in [0.25, 0.3) is 11.6 Å². The van der Waals surface area contributed by atoms with Gasteiger partial charge < -0.3 is 19.7 Å². The van der Waals surface area contributed by atoms with E-state index >= 15 is 0 Å². The Labute approximate surface area is 150 Å². The van der Waals surface area contributed by atoms with Crippen LogP contribution >= 0.6 is 0 Å². The van der Waals surface area contributed by atoms with Crippen LogP contribution in [0.1, 0.15) is 26.3 Å². The number of nitrogens with zero attached hydrogens (tertiary/aromatic N) is 5. The van der Waals surface area contributed by atoms with Crippen molar-refractivity contribution in [2.75, 3.05) is 13.6 Å². The van der Waals surface area contributed by atoms with E-state index in [2.05, 4.69) is 20.6 Å². The molecule has 3 rings (SSSR count). The molecular weight excluding hydrogens is 340 g/mol. The number of aliphatic hydroxyl groups is 1. The van der Waals surface area contributed by atoms with Crippen molar-refractivity contribution in [1.82, 2.24) is 30.2 Å². The summed E-state index contributed by atoms with van der Waals surface area (Å²) < 4.78 is 6.66. The van der Waals surface area contributed by atoms with Crippen molar-refractivity contribution >= 4 is 11.8 Å². The number of oxazole rings is 1. The number of nitrogens with one attached hydrogen (secondary N) is 1. The zero-order chi connectivity index (χ0) is 18.8. The van der Waals surface area contributed by atoms with Gasteiger partial charge in [0.25, 0.3) is 0 Å². The van der Waals surface area contributed by atoms with E-state index < -0.39 is 18.2 Å². The highest BCUT2D eigenvalue weighted by Crippen LogP contribution is 2.27. The first kappa shape index (κ1) is 18.1. The molecule has 0 bridgehead atoms. The van der Waals surface area contributed by atoms with Gasteiger partial charge in [0.1, 0.15) is 18.3 Å². The highest BCUT2D eigenvalue weighted by atomic mass is 16.3. The molecule has 1 aliphatic heterocycles. The number of hydrogen-bond acceptors (Lipinski definition) is 7. The van der Waals surface area contributed by atoms with Crippen LogP contribution in [0.2, 0.25) is 0 Å². The van der Waals surface area contributed by atoms with Gasteiger partial charge >= 0.3 is 0 Å². The topological polar surface area (TPSA) is 126 Å². The van der Waals surface area contributed by atoms with Crippen molar-refractivity contribution < 1.29 is 19.1 Å². The fourth-order valence-corrected chi connectivity index (χ4v) is 3.21. The van der Waals surface area contributed by atoms with E-state index in [1.54, 1.807) is 6.20 Å². The molecule has 10 heteroatoms. The quantitative estimate of drug-likeness (QED) is 0.756. The Kier molecular flexibility index (Phi) is 5.03. The summed E-state index contributed by atoms with van der Waals surface area (Å²) in [5.41, 5.74) is 0.415. The van der Waals surface area contributed by atoms with Gasteiger partial charge in [0.05, 0.1) is 18.5 Å². The molecule has 0 saturated carbocycles. The van der Waals surface area contributed by atoms with E-state index in [-0.39, 0.29) is 30.7 Å². The predicted octanol–water partition coefficient (Wildman–Crippen LogP) is -0.162. The van der Waals surface area contributed by atoms with Gasteiger partial charge in [-0.3, -0.25) is 9.59 Å². The van der Waals surface area contributed by atoms with Gasteiger partial charge in [-0.2, -0.15) is 0 Å².